The molecule has 2 aromatic rings. The Morgan fingerprint density at radius 3 is 2.68 bits per heavy atom. The second-order valence-corrected chi connectivity index (χ2v) is 9.16. The maximum Gasteiger partial charge on any atom is 0.238 e. The van der Waals surface area contributed by atoms with Crippen LogP contribution in [0.15, 0.2) is 55.9 Å². The van der Waals surface area contributed by atoms with Crippen LogP contribution in [0.5, 0.6) is 11.5 Å². The van der Waals surface area contributed by atoms with Crippen molar-refractivity contribution in [3.63, 3.8) is 0 Å². The van der Waals surface area contributed by atoms with Crippen molar-refractivity contribution in [3.8, 4) is 11.5 Å². The normalized spacial score (nSPS) is 12.5. The van der Waals surface area contributed by atoms with Crippen LogP contribution in [0.1, 0.15) is 18.9 Å². The van der Waals surface area contributed by atoms with Crippen molar-refractivity contribution in [1.82, 2.24) is 10.3 Å². The minimum Gasteiger partial charge on any atom is -0.506 e. The fraction of sp³-hybridized carbons (Fsp3) is 0.292. The quantitative estimate of drug-likeness (QED) is 0.0801. The Labute approximate surface area is 233 Å². The van der Waals surface area contributed by atoms with Crippen LogP contribution in [0.2, 0.25) is 10.0 Å². The first kappa shape index (κ1) is 30.4. The molecule has 0 spiro atoms. The number of aliphatic imine (C=N–C) groups is 2. The van der Waals surface area contributed by atoms with Gasteiger partial charge in [0.05, 0.1) is 29.2 Å². The lowest BCUT2D eigenvalue weighted by Crippen LogP contribution is -2.18. The van der Waals surface area contributed by atoms with Crippen molar-refractivity contribution in [2.24, 2.45) is 15.1 Å². The van der Waals surface area contributed by atoms with Gasteiger partial charge in [0.15, 0.2) is 5.75 Å². The number of halogens is 4. The first-order valence-electron chi connectivity index (χ1n) is 11.0. The summed E-state index contributed by atoms with van der Waals surface area (Å²) in [6.45, 7) is 3.61. The van der Waals surface area contributed by atoms with Gasteiger partial charge in [0, 0.05) is 56.1 Å². The minimum atomic E-state index is -0.367. The Kier molecular flexibility index (Phi) is 12.6. The molecule has 0 atom stereocenters. The van der Waals surface area contributed by atoms with Crippen LogP contribution in [-0.4, -0.2) is 67.4 Å². The van der Waals surface area contributed by atoms with Gasteiger partial charge in [-0.05, 0) is 31.2 Å². The third-order valence-corrected chi connectivity index (χ3v) is 5.81. The molecular formula is C24H28BrCl2FN6O3. The highest BCUT2D eigenvalue weighted by Crippen LogP contribution is 2.40. The van der Waals surface area contributed by atoms with Crippen molar-refractivity contribution in [2.45, 2.75) is 13.3 Å². The number of guanidine groups is 1. The molecule has 0 aliphatic heterocycles. The summed E-state index contributed by atoms with van der Waals surface area (Å²) >= 11 is 15.6. The zero-order valence-electron chi connectivity index (χ0n) is 20.5. The van der Waals surface area contributed by atoms with E-state index >= 15 is 0 Å². The number of ether oxygens (including phenoxy) is 1. The number of anilines is 2. The molecule has 0 fully saturated rings. The molecule has 0 unspecified atom stereocenters. The summed E-state index contributed by atoms with van der Waals surface area (Å²) < 4.78 is 19.9. The van der Waals surface area contributed by atoms with E-state index in [1.54, 1.807) is 36.2 Å². The van der Waals surface area contributed by atoms with Gasteiger partial charge in [-0.15, -0.1) is 0 Å². The van der Waals surface area contributed by atoms with Crippen LogP contribution in [0, 0.1) is 0 Å². The van der Waals surface area contributed by atoms with Gasteiger partial charge in [-0.3, -0.25) is 4.99 Å². The van der Waals surface area contributed by atoms with Gasteiger partial charge in [0.1, 0.15) is 16.6 Å². The van der Waals surface area contributed by atoms with Crippen LogP contribution in [-0.2, 0) is 4.74 Å². The number of aromatic hydroxyl groups is 2. The van der Waals surface area contributed by atoms with E-state index in [1.807, 2.05) is 6.92 Å². The molecule has 0 heterocycles. The highest BCUT2D eigenvalue weighted by molar-refractivity contribution is 9.10. The van der Waals surface area contributed by atoms with Gasteiger partial charge in [0.25, 0.3) is 0 Å². The topological polar surface area (TPSA) is 114 Å². The molecule has 2 rings (SSSR count). The zero-order valence-corrected chi connectivity index (χ0v) is 23.6. The van der Waals surface area contributed by atoms with Gasteiger partial charge < -0.3 is 25.2 Å². The molecule has 2 aromatic carbocycles. The number of phenolic OH excluding ortho intramolecular Hbond substituents is 2. The molecule has 0 amide bonds. The predicted octanol–water partition coefficient (Wildman–Crippen LogP) is 6.06. The van der Waals surface area contributed by atoms with Gasteiger partial charge in [-0.2, -0.15) is 5.10 Å². The predicted molar refractivity (Wildman–Crippen MR) is 153 cm³/mol. The average Bonchev–Trinajstić information content (AvgIpc) is 2.85. The van der Waals surface area contributed by atoms with E-state index in [2.05, 4.69) is 41.8 Å². The van der Waals surface area contributed by atoms with E-state index in [4.69, 9.17) is 27.9 Å². The van der Waals surface area contributed by atoms with Crippen molar-refractivity contribution in [3.05, 3.63) is 56.4 Å². The van der Waals surface area contributed by atoms with Crippen LogP contribution in [0.4, 0.5) is 15.8 Å². The highest BCUT2D eigenvalue weighted by atomic mass is 79.9. The number of allylic oxidation sites excluding steroid dienone is 1. The van der Waals surface area contributed by atoms with Crippen molar-refractivity contribution >= 4 is 68.9 Å². The second kappa shape index (κ2) is 15.4. The Morgan fingerprint density at radius 2 is 1.97 bits per heavy atom. The first-order valence-corrected chi connectivity index (χ1v) is 12.6. The lowest BCUT2D eigenvalue weighted by Gasteiger charge is -2.13. The van der Waals surface area contributed by atoms with E-state index in [0.29, 0.717) is 41.2 Å². The van der Waals surface area contributed by atoms with Crippen LogP contribution in [0.25, 0.3) is 0 Å². The summed E-state index contributed by atoms with van der Waals surface area (Å²) in [4.78, 5) is 9.70. The van der Waals surface area contributed by atoms with Crippen LogP contribution >= 0.6 is 39.1 Å². The standard InChI is InChI=1S/C24H28BrCl2FN6O3/c1-4-37-10-9-34(3)14-17(28)7-8-30-24(29-2)33-31-13-15-5-6-19(21(27)22(15)35)32-20-12-16(25)11-18(26)23(20)36/h5-6,8,11-14,32,35-36H,4,7,9-10H2,1-3H3,(H,29,33)/b17-14-,30-8?,31-13-. The maximum atomic E-state index is 14.0. The number of hydrogen-bond acceptors (Lipinski definition) is 7. The fourth-order valence-electron chi connectivity index (χ4n) is 2.81. The van der Waals surface area contributed by atoms with E-state index in [-0.39, 0.29) is 39.8 Å². The molecule has 9 nitrogen and oxygen atoms in total. The summed E-state index contributed by atoms with van der Waals surface area (Å²) in [6.07, 6.45) is 4.06. The average molecular weight is 618 g/mol. The monoisotopic (exact) mass is 616 g/mol. The molecule has 37 heavy (non-hydrogen) atoms. The Hall–Kier alpha value is -2.86. The number of phenols is 2. The number of rotatable bonds is 11. The van der Waals surface area contributed by atoms with E-state index in [9.17, 15) is 14.6 Å². The smallest absolute Gasteiger partial charge is 0.238 e. The van der Waals surface area contributed by atoms with E-state index in [0.717, 1.165) is 0 Å². The van der Waals surface area contributed by atoms with Crippen LogP contribution < -0.4 is 10.7 Å². The van der Waals surface area contributed by atoms with Gasteiger partial charge in [-0.1, -0.05) is 39.1 Å². The number of hydrogen-bond donors (Lipinski definition) is 4. The summed E-state index contributed by atoms with van der Waals surface area (Å²) in [5, 5.41) is 27.7. The Bertz CT molecular complexity index is 1190. The number of nitrogens with zero attached hydrogens (tertiary/aromatic N) is 4. The lowest BCUT2D eigenvalue weighted by atomic mass is 10.2. The van der Waals surface area contributed by atoms with Crippen LogP contribution in [0.3, 0.4) is 0 Å². The van der Waals surface area contributed by atoms with Crippen molar-refractivity contribution in [1.29, 1.82) is 0 Å². The molecule has 0 bridgehead atoms. The zero-order chi connectivity index (χ0) is 27.4. The summed E-state index contributed by atoms with van der Waals surface area (Å²) in [7, 11) is 3.26. The molecule has 0 radical (unpaired) electrons. The van der Waals surface area contributed by atoms with Gasteiger partial charge in [0.2, 0.25) is 5.96 Å². The first-order chi connectivity index (χ1) is 17.7. The van der Waals surface area contributed by atoms with E-state index < -0.39 is 0 Å². The van der Waals surface area contributed by atoms with Crippen molar-refractivity contribution in [2.75, 3.05) is 39.2 Å². The Morgan fingerprint density at radius 1 is 1.22 bits per heavy atom. The SMILES string of the molecule is CCOCCN(C)/C=C(\F)CC=NC(=NC)N/N=C\c1ccc(Nc2cc(Br)cc(Cl)c2O)c(Cl)c1O. The summed E-state index contributed by atoms with van der Waals surface area (Å²) in [5.41, 5.74) is 3.57. The minimum absolute atomic E-state index is 0.00957. The van der Waals surface area contributed by atoms with Crippen molar-refractivity contribution < 1.29 is 19.3 Å². The fourth-order valence-corrected chi connectivity index (χ4v) is 3.84. The Balaban J connectivity index is 1.99. The molecule has 0 aliphatic rings. The summed E-state index contributed by atoms with van der Waals surface area (Å²) in [5.74, 6) is -0.629. The second-order valence-electron chi connectivity index (χ2n) is 7.46. The summed E-state index contributed by atoms with van der Waals surface area (Å²) in [6, 6.07) is 6.33. The molecule has 0 saturated carbocycles. The molecule has 4 N–H and O–H groups in total. The largest absolute Gasteiger partial charge is 0.506 e. The highest BCUT2D eigenvalue weighted by Gasteiger charge is 2.13. The molecule has 0 aromatic heterocycles. The lowest BCUT2D eigenvalue weighted by molar-refractivity contribution is 0.133. The third kappa shape index (κ3) is 9.84. The van der Waals surface area contributed by atoms with Gasteiger partial charge in [-0.25, -0.2) is 14.8 Å². The van der Waals surface area contributed by atoms with Gasteiger partial charge >= 0.3 is 0 Å². The number of benzene rings is 2. The number of hydrazone groups is 1. The van der Waals surface area contributed by atoms with E-state index in [1.165, 1.54) is 25.7 Å². The maximum absolute atomic E-state index is 14.0. The molecule has 0 aliphatic carbocycles. The molecule has 13 heteroatoms. The molecule has 200 valence electrons. The number of nitrogens with one attached hydrogen (secondary N) is 2. The third-order valence-electron chi connectivity index (χ3n) is 4.68. The molecule has 0 saturated heterocycles. The number of likely N-dealkylation sites (N-methyl/N-ethyl adjacent to an activating group) is 1. The molecular weight excluding hydrogens is 590 g/mol.